The van der Waals surface area contributed by atoms with Gasteiger partial charge in [-0.1, -0.05) is 23.8 Å². The third kappa shape index (κ3) is 2.36. The molecule has 17 heavy (non-hydrogen) atoms. The predicted molar refractivity (Wildman–Crippen MR) is 64.8 cm³/mol. The molecule has 0 saturated carbocycles. The molecule has 88 valence electrons. The monoisotopic (exact) mass is 230 g/mol. The number of benzene rings is 1. The minimum absolute atomic E-state index is 0.0668. The lowest BCUT2D eigenvalue weighted by Gasteiger charge is -2.09. The summed E-state index contributed by atoms with van der Waals surface area (Å²) in [6, 6.07) is 6.09. The molecule has 0 fully saturated rings. The Labute approximate surface area is 99.5 Å². The van der Waals surface area contributed by atoms with E-state index in [0.29, 0.717) is 0 Å². The maximum Gasteiger partial charge on any atom is 0.323 e. The third-order valence-corrected chi connectivity index (χ3v) is 2.68. The number of aromatic nitrogens is 2. The topological polar surface area (TPSA) is 55.1 Å². The molecule has 0 amide bonds. The smallest absolute Gasteiger partial charge is 0.323 e. The van der Waals surface area contributed by atoms with Crippen LogP contribution in [0.3, 0.4) is 0 Å². The molecule has 2 rings (SSSR count). The van der Waals surface area contributed by atoms with Crippen molar-refractivity contribution in [1.29, 1.82) is 0 Å². The normalized spacial score (nSPS) is 10.5. The Bertz CT molecular complexity index is 558. The number of carboxylic acid groups (broad SMARTS) is 1. The van der Waals surface area contributed by atoms with Crippen molar-refractivity contribution in [2.45, 2.75) is 20.4 Å². The molecular formula is C13H14N2O2. The van der Waals surface area contributed by atoms with Gasteiger partial charge in [-0.05, 0) is 19.4 Å². The van der Waals surface area contributed by atoms with Crippen LogP contribution >= 0.6 is 0 Å². The number of carboxylic acids is 1. The summed E-state index contributed by atoms with van der Waals surface area (Å²) in [5.74, 6) is -0.867. The first kappa shape index (κ1) is 11.4. The van der Waals surface area contributed by atoms with Crippen LogP contribution in [0, 0.1) is 13.8 Å². The van der Waals surface area contributed by atoms with Crippen molar-refractivity contribution in [2.24, 2.45) is 0 Å². The number of rotatable bonds is 3. The van der Waals surface area contributed by atoms with Gasteiger partial charge in [-0.15, -0.1) is 0 Å². The van der Waals surface area contributed by atoms with Crippen LogP contribution in [0.5, 0.6) is 0 Å². The first-order valence-corrected chi connectivity index (χ1v) is 5.37. The van der Waals surface area contributed by atoms with Gasteiger partial charge in [0, 0.05) is 5.56 Å². The summed E-state index contributed by atoms with van der Waals surface area (Å²) in [5, 5.41) is 8.82. The molecule has 1 heterocycles. The Morgan fingerprint density at radius 3 is 2.82 bits per heavy atom. The largest absolute Gasteiger partial charge is 0.480 e. The van der Waals surface area contributed by atoms with Gasteiger partial charge in [-0.3, -0.25) is 4.79 Å². The second-order valence-electron chi connectivity index (χ2n) is 4.12. The molecule has 4 heteroatoms. The second kappa shape index (κ2) is 4.41. The van der Waals surface area contributed by atoms with Crippen LogP contribution in [-0.4, -0.2) is 20.6 Å². The van der Waals surface area contributed by atoms with E-state index in [1.165, 1.54) is 5.56 Å². The van der Waals surface area contributed by atoms with E-state index in [1.54, 1.807) is 17.1 Å². The fraction of sp³-hybridized carbons (Fsp3) is 0.231. The highest BCUT2D eigenvalue weighted by Crippen LogP contribution is 2.23. The molecule has 0 bridgehead atoms. The van der Waals surface area contributed by atoms with E-state index in [2.05, 4.69) is 11.1 Å². The number of hydrogen-bond acceptors (Lipinski definition) is 2. The first-order chi connectivity index (χ1) is 8.08. The summed E-state index contributed by atoms with van der Waals surface area (Å²) in [6.07, 6.45) is 3.24. The van der Waals surface area contributed by atoms with Gasteiger partial charge in [0.2, 0.25) is 0 Å². The summed E-state index contributed by atoms with van der Waals surface area (Å²) < 4.78 is 1.64. The maximum absolute atomic E-state index is 10.7. The summed E-state index contributed by atoms with van der Waals surface area (Å²) in [4.78, 5) is 14.8. The third-order valence-electron chi connectivity index (χ3n) is 2.68. The van der Waals surface area contributed by atoms with Crippen molar-refractivity contribution in [3.63, 3.8) is 0 Å². The van der Waals surface area contributed by atoms with E-state index < -0.39 is 5.97 Å². The minimum atomic E-state index is -0.867. The van der Waals surface area contributed by atoms with Gasteiger partial charge in [-0.25, -0.2) is 4.98 Å². The van der Waals surface area contributed by atoms with Crippen LogP contribution in [0.2, 0.25) is 0 Å². The molecule has 1 N–H and O–H groups in total. The molecule has 0 atom stereocenters. The summed E-state index contributed by atoms with van der Waals surface area (Å²) in [5.41, 5.74) is 4.17. The number of aliphatic carboxylic acids is 1. The molecule has 0 unspecified atom stereocenters. The number of nitrogens with zero attached hydrogens (tertiary/aromatic N) is 2. The molecule has 0 saturated heterocycles. The molecule has 4 nitrogen and oxygen atoms in total. The highest BCUT2D eigenvalue weighted by atomic mass is 16.4. The minimum Gasteiger partial charge on any atom is -0.480 e. The van der Waals surface area contributed by atoms with E-state index in [-0.39, 0.29) is 6.54 Å². The van der Waals surface area contributed by atoms with Crippen LogP contribution in [0.1, 0.15) is 11.1 Å². The van der Waals surface area contributed by atoms with E-state index in [9.17, 15) is 4.79 Å². The van der Waals surface area contributed by atoms with Gasteiger partial charge in [0.25, 0.3) is 0 Å². The van der Waals surface area contributed by atoms with Crippen LogP contribution in [0.4, 0.5) is 0 Å². The molecule has 1 aromatic carbocycles. The van der Waals surface area contributed by atoms with Gasteiger partial charge in [0.15, 0.2) is 0 Å². The lowest BCUT2D eigenvalue weighted by molar-refractivity contribution is -0.137. The zero-order valence-electron chi connectivity index (χ0n) is 9.84. The van der Waals surface area contributed by atoms with E-state index in [4.69, 9.17) is 5.11 Å². The van der Waals surface area contributed by atoms with Crippen LogP contribution in [-0.2, 0) is 11.3 Å². The Kier molecular flexibility index (Phi) is 2.95. The Morgan fingerprint density at radius 1 is 1.41 bits per heavy atom. The van der Waals surface area contributed by atoms with Crippen molar-refractivity contribution in [1.82, 2.24) is 9.55 Å². The second-order valence-corrected chi connectivity index (χ2v) is 4.12. The number of hydrogen-bond donors (Lipinski definition) is 1. The Balaban J connectivity index is 2.46. The Hall–Kier alpha value is -2.10. The van der Waals surface area contributed by atoms with Gasteiger partial charge < -0.3 is 9.67 Å². The van der Waals surface area contributed by atoms with Crippen molar-refractivity contribution in [2.75, 3.05) is 0 Å². The number of carbonyl (C=O) groups is 1. The average Bonchev–Trinajstić information content (AvgIpc) is 2.65. The standard InChI is InChI=1S/C13H14N2O2/c1-9-3-4-11(10(2)5-9)12-6-14-8-15(12)7-13(16)17/h3-6,8H,7H2,1-2H3,(H,16,17). The van der Waals surface area contributed by atoms with Crippen molar-refractivity contribution in [3.8, 4) is 11.3 Å². The van der Waals surface area contributed by atoms with Gasteiger partial charge in [0.1, 0.15) is 6.54 Å². The fourth-order valence-corrected chi connectivity index (χ4v) is 1.92. The van der Waals surface area contributed by atoms with E-state index in [1.807, 2.05) is 26.0 Å². The predicted octanol–water partition coefficient (Wildman–Crippen LogP) is 2.25. The van der Waals surface area contributed by atoms with Crippen molar-refractivity contribution < 1.29 is 9.90 Å². The van der Waals surface area contributed by atoms with E-state index in [0.717, 1.165) is 16.8 Å². The highest BCUT2D eigenvalue weighted by molar-refractivity contribution is 5.70. The van der Waals surface area contributed by atoms with Crippen LogP contribution in [0.15, 0.2) is 30.7 Å². The van der Waals surface area contributed by atoms with Crippen molar-refractivity contribution >= 4 is 5.97 Å². The highest BCUT2D eigenvalue weighted by Gasteiger charge is 2.09. The molecule has 0 spiro atoms. The summed E-state index contributed by atoms with van der Waals surface area (Å²) in [7, 11) is 0. The SMILES string of the molecule is Cc1ccc(-c2cncn2CC(=O)O)c(C)c1. The molecule has 0 aliphatic carbocycles. The summed E-state index contributed by atoms with van der Waals surface area (Å²) >= 11 is 0. The first-order valence-electron chi connectivity index (χ1n) is 5.37. The quantitative estimate of drug-likeness (QED) is 0.879. The number of aryl methyl sites for hydroxylation is 2. The fourth-order valence-electron chi connectivity index (χ4n) is 1.92. The zero-order chi connectivity index (χ0) is 12.4. The van der Waals surface area contributed by atoms with Crippen LogP contribution in [0.25, 0.3) is 11.3 Å². The van der Waals surface area contributed by atoms with Crippen molar-refractivity contribution in [3.05, 3.63) is 41.9 Å². The van der Waals surface area contributed by atoms with Gasteiger partial charge >= 0.3 is 5.97 Å². The number of imidazole rings is 1. The molecule has 0 aliphatic rings. The van der Waals surface area contributed by atoms with Gasteiger partial charge in [0.05, 0.1) is 18.2 Å². The molecule has 0 aliphatic heterocycles. The molecule has 1 aromatic heterocycles. The van der Waals surface area contributed by atoms with E-state index >= 15 is 0 Å². The van der Waals surface area contributed by atoms with Gasteiger partial charge in [-0.2, -0.15) is 0 Å². The maximum atomic E-state index is 10.7. The molecule has 2 aromatic rings. The lowest BCUT2D eigenvalue weighted by Crippen LogP contribution is -2.09. The molecule has 0 radical (unpaired) electrons. The molecular weight excluding hydrogens is 216 g/mol. The zero-order valence-corrected chi connectivity index (χ0v) is 9.84. The summed E-state index contributed by atoms with van der Waals surface area (Å²) in [6.45, 7) is 3.98. The average molecular weight is 230 g/mol. The Morgan fingerprint density at radius 2 is 2.18 bits per heavy atom. The lowest BCUT2D eigenvalue weighted by atomic mass is 10.0. The van der Waals surface area contributed by atoms with Crippen LogP contribution < -0.4 is 0 Å².